The van der Waals surface area contributed by atoms with Crippen molar-refractivity contribution >= 4 is 22.8 Å². The normalized spacial score (nSPS) is 13.2. The largest absolute Gasteiger partial charge is 0.465 e. The van der Waals surface area contributed by atoms with Gasteiger partial charge in [-0.05, 0) is 39.7 Å². The zero-order valence-corrected chi connectivity index (χ0v) is 25.7. The second kappa shape index (κ2) is 14.4. The number of carbonyl (C=O) groups is 1. The Bertz CT molecular complexity index is 1640. The van der Waals surface area contributed by atoms with Gasteiger partial charge in [-0.2, -0.15) is 15.0 Å². The van der Waals surface area contributed by atoms with Crippen LogP contribution >= 0.6 is 0 Å². The predicted molar refractivity (Wildman–Crippen MR) is 164 cm³/mol. The van der Waals surface area contributed by atoms with Crippen LogP contribution in [0.1, 0.15) is 39.2 Å². The number of amides is 1. The molecule has 0 unspecified atom stereocenters. The summed E-state index contributed by atoms with van der Waals surface area (Å²) in [5.41, 5.74) is 3.03. The smallest absolute Gasteiger partial charge is 0.407 e. The molecule has 4 heterocycles. The number of pyridine rings is 2. The zero-order valence-electron chi connectivity index (χ0n) is 25.7. The average molecular weight is 619 g/mol. The number of ether oxygens (including phenoxy) is 3. The van der Waals surface area contributed by atoms with Crippen LogP contribution in [0.3, 0.4) is 0 Å². The molecule has 5 rings (SSSR count). The molecule has 0 spiro atoms. The van der Waals surface area contributed by atoms with Crippen molar-refractivity contribution < 1.29 is 24.1 Å². The SMILES string of the molecule is CC(C)(C)N(CCOCCOCCOCCn1cc(-c2cnc(-n3ncc4cc(C#N)cnc43)cc2NC2CC2)nn1)C(=O)O. The second-order valence-electron chi connectivity index (χ2n) is 11.6. The molecule has 0 aromatic carbocycles. The van der Waals surface area contributed by atoms with Gasteiger partial charge in [0.05, 0.1) is 64.1 Å². The van der Waals surface area contributed by atoms with Gasteiger partial charge in [0.25, 0.3) is 0 Å². The molecule has 1 aliphatic rings. The van der Waals surface area contributed by atoms with Crippen molar-refractivity contribution in [3.8, 4) is 23.1 Å². The summed E-state index contributed by atoms with van der Waals surface area (Å²) >= 11 is 0. The Balaban J connectivity index is 1.06. The number of aromatic nitrogens is 7. The fourth-order valence-electron chi connectivity index (χ4n) is 4.59. The van der Waals surface area contributed by atoms with Crippen LogP contribution in [0.5, 0.6) is 0 Å². The molecule has 0 atom stereocenters. The highest BCUT2D eigenvalue weighted by Gasteiger charge is 2.26. The van der Waals surface area contributed by atoms with E-state index >= 15 is 0 Å². The Labute approximate surface area is 260 Å². The fourth-order valence-corrected chi connectivity index (χ4v) is 4.59. The first kappa shape index (κ1) is 31.8. The highest BCUT2D eigenvalue weighted by atomic mass is 16.5. The Hall–Kier alpha value is -4.65. The Morgan fingerprint density at radius 3 is 2.49 bits per heavy atom. The van der Waals surface area contributed by atoms with Crippen LogP contribution in [0.2, 0.25) is 0 Å². The van der Waals surface area contributed by atoms with Gasteiger partial charge < -0.3 is 29.5 Å². The number of hydrogen-bond donors (Lipinski definition) is 2. The van der Waals surface area contributed by atoms with Crippen molar-refractivity contribution in [2.24, 2.45) is 0 Å². The van der Waals surface area contributed by atoms with Crippen LogP contribution in [0.15, 0.2) is 36.9 Å². The first-order valence-corrected chi connectivity index (χ1v) is 14.9. The quantitative estimate of drug-likeness (QED) is 0.175. The second-order valence-corrected chi connectivity index (χ2v) is 11.6. The van der Waals surface area contributed by atoms with Gasteiger partial charge in [0.1, 0.15) is 11.8 Å². The molecule has 0 bridgehead atoms. The number of nitrogens with zero attached hydrogens (tertiary/aromatic N) is 9. The topological polar surface area (TPSA) is 178 Å². The van der Waals surface area contributed by atoms with Gasteiger partial charge in [-0.25, -0.2) is 19.4 Å². The highest BCUT2D eigenvalue weighted by molar-refractivity contribution is 5.79. The molecule has 1 fully saturated rings. The Morgan fingerprint density at radius 1 is 1.07 bits per heavy atom. The van der Waals surface area contributed by atoms with E-state index < -0.39 is 11.6 Å². The maximum absolute atomic E-state index is 11.3. The van der Waals surface area contributed by atoms with Crippen molar-refractivity contribution in [2.75, 3.05) is 51.5 Å². The molecule has 4 aromatic heterocycles. The van der Waals surface area contributed by atoms with Gasteiger partial charge in [-0.1, -0.05) is 5.21 Å². The summed E-state index contributed by atoms with van der Waals surface area (Å²) in [6, 6.07) is 6.19. The van der Waals surface area contributed by atoms with Gasteiger partial charge in [-0.15, -0.1) is 5.10 Å². The molecule has 4 aromatic rings. The van der Waals surface area contributed by atoms with Crippen LogP contribution in [0, 0.1) is 11.3 Å². The molecule has 0 aliphatic heterocycles. The summed E-state index contributed by atoms with van der Waals surface area (Å²) in [5.74, 6) is 0.606. The van der Waals surface area contributed by atoms with Crippen molar-refractivity contribution in [2.45, 2.75) is 51.7 Å². The molecule has 1 aliphatic carbocycles. The summed E-state index contributed by atoms with van der Waals surface area (Å²) in [7, 11) is 0. The average Bonchev–Trinajstić information content (AvgIpc) is 3.53. The molecule has 15 nitrogen and oxygen atoms in total. The van der Waals surface area contributed by atoms with Gasteiger partial charge in [0.15, 0.2) is 11.5 Å². The standard InChI is InChI=1S/C30H38N10O5/c1-30(2,3)39(29(41)42)7-9-44-11-13-45-12-10-43-8-6-38-20-26(36-37-38)24-19-32-27(15-25(24)35-23-4-5-23)40-28-22(18-34-40)14-21(16-31)17-33-28/h14-15,17-20,23H,4-13H2,1-3H3,(H,32,35)(H,41,42). The van der Waals surface area contributed by atoms with Crippen LogP contribution in [-0.2, 0) is 20.8 Å². The predicted octanol–water partition coefficient (Wildman–Crippen LogP) is 3.35. The van der Waals surface area contributed by atoms with Gasteiger partial charge in [0.2, 0.25) is 0 Å². The number of hydrogen-bond acceptors (Lipinski definition) is 11. The van der Waals surface area contributed by atoms with Crippen molar-refractivity contribution in [1.29, 1.82) is 5.26 Å². The van der Waals surface area contributed by atoms with Gasteiger partial charge in [-0.3, -0.25) is 0 Å². The minimum Gasteiger partial charge on any atom is -0.465 e. The molecule has 2 N–H and O–H groups in total. The van der Waals surface area contributed by atoms with E-state index in [2.05, 4.69) is 36.8 Å². The summed E-state index contributed by atoms with van der Waals surface area (Å²) in [4.78, 5) is 21.8. The molecule has 1 amide bonds. The lowest BCUT2D eigenvalue weighted by molar-refractivity contribution is 0.00503. The van der Waals surface area contributed by atoms with E-state index in [-0.39, 0.29) is 0 Å². The van der Waals surface area contributed by atoms with E-state index in [0.29, 0.717) is 81.5 Å². The third-order valence-electron chi connectivity index (χ3n) is 7.10. The van der Waals surface area contributed by atoms with Crippen molar-refractivity contribution in [1.82, 2.24) is 39.6 Å². The zero-order chi connectivity index (χ0) is 31.8. The lowest BCUT2D eigenvalue weighted by atomic mass is 10.1. The summed E-state index contributed by atoms with van der Waals surface area (Å²) < 4.78 is 20.1. The third-order valence-corrected chi connectivity index (χ3v) is 7.10. The lowest BCUT2D eigenvalue weighted by Gasteiger charge is -2.32. The minimum absolute atomic E-state index is 0.304. The molecule has 0 radical (unpaired) electrons. The molecule has 0 saturated heterocycles. The van der Waals surface area contributed by atoms with E-state index in [1.807, 2.05) is 33.0 Å². The molecule has 45 heavy (non-hydrogen) atoms. The van der Waals surface area contributed by atoms with Crippen molar-refractivity contribution in [3.63, 3.8) is 0 Å². The number of nitriles is 1. The number of nitrogens with one attached hydrogen (secondary N) is 1. The van der Waals surface area contributed by atoms with Crippen molar-refractivity contribution in [3.05, 3.63) is 42.5 Å². The Kier molecular flexibility index (Phi) is 10.2. The summed E-state index contributed by atoms with van der Waals surface area (Å²) in [5, 5.41) is 35.9. The lowest BCUT2D eigenvalue weighted by Crippen LogP contribution is -2.46. The number of rotatable bonds is 16. The van der Waals surface area contributed by atoms with E-state index in [1.165, 1.54) is 11.1 Å². The van der Waals surface area contributed by atoms with Crippen LogP contribution in [-0.4, -0.2) is 109 Å². The maximum Gasteiger partial charge on any atom is 0.407 e. The summed E-state index contributed by atoms with van der Waals surface area (Å²) in [6.07, 6.45) is 8.07. The monoisotopic (exact) mass is 618 g/mol. The molecular weight excluding hydrogens is 580 g/mol. The van der Waals surface area contributed by atoms with E-state index in [1.54, 1.807) is 27.8 Å². The van der Waals surface area contributed by atoms with Crippen LogP contribution in [0.25, 0.3) is 28.1 Å². The van der Waals surface area contributed by atoms with E-state index in [9.17, 15) is 9.90 Å². The molecule has 15 heteroatoms. The minimum atomic E-state index is -0.960. The molecule has 238 valence electrons. The first-order chi connectivity index (χ1) is 21.7. The summed E-state index contributed by atoms with van der Waals surface area (Å²) in [6.45, 7) is 8.76. The molecular formula is C30H38N10O5. The Morgan fingerprint density at radius 2 is 1.80 bits per heavy atom. The maximum atomic E-state index is 11.3. The third kappa shape index (κ3) is 8.50. The van der Waals surface area contributed by atoms with E-state index in [4.69, 9.17) is 19.5 Å². The highest BCUT2D eigenvalue weighted by Crippen LogP contribution is 2.32. The van der Waals surface area contributed by atoms with Gasteiger partial charge >= 0.3 is 6.09 Å². The van der Waals surface area contributed by atoms with Crippen LogP contribution < -0.4 is 5.32 Å². The van der Waals surface area contributed by atoms with E-state index in [0.717, 1.165) is 29.5 Å². The number of anilines is 1. The fraction of sp³-hybridized carbons (Fsp3) is 0.500. The first-order valence-electron chi connectivity index (χ1n) is 14.9. The number of carboxylic acid groups (broad SMARTS) is 1. The number of fused-ring (bicyclic) bond motifs is 1. The van der Waals surface area contributed by atoms with Crippen LogP contribution in [0.4, 0.5) is 10.5 Å². The van der Waals surface area contributed by atoms with Gasteiger partial charge in [0, 0.05) is 53.2 Å². The molecule has 1 saturated carbocycles.